The van der Waals surface area contributed by atoms with E-state index >= 15 is 0 Å². The summed E-state index contributed by atoms with van der Waals surface area (Å²) in [6.07, 6.45) is 0. The first kappa shape index (κ1) is 6.36. The van der Waals surface area contributed by atoms with Gasteiger partial charge in [-0.2, -0.15) is 5.11 Å². The molecule has 0 unspecified atom stereocenters. The van der Waals surface area contributed by atoms with E-state index in [4.69, 9.17) is 5.21 Å². The van der Waals surface area contributed by atoms with E-state index in [0.717, 1.165) is 6.54 Å². The summed E-state index contributed by atoms with van der Waals surface area (Å²) in [4.78, 5) is 0. The van der Waals surface area contributed by atoms with E-state index in [-0.39, 0.29) is 0 Å². The highest BCUT2D eigenvalue weighted by Gasteiger charge is 1.73. The zero-order chi connectivity index (χ0) is 5.54. The van der Waals surface area contributed by atoms with Crippen LogP contribution in [0.3, 0.4) is 0 Å². The normalized spacial score (nSPS) is 10.4. The monoisotopic (exact) mass is 103 g/mol. The molecule has 0 saturated carbocycles. The van der Waals surface area contributed by atoms with E-state index in [1.165, 1.54) is 0 Å². The molecule has 0 spiro atoms. The lowest BCUT2D eigenvalue weighted by Gasteiger charge is -1.86. The maximum absolute atomic E-state index is 7.72. The van der Waals surface area contributed by atoms with Gasteiger partial charge in [-0.05, 0) is 7.05 Å². The number of hydrogen-bond acceptors (Lipinski definition) is 3. The molecule has 2 N–H and O–H groups in total. The molecule has 42 valence electrons. The number of likely N-dealkylation sites (N-methyl/N-ethyl adjacent to an activating group) is 1. The standard InChI is InChI=1S/C3H9N3O/c1-4-2-3-5-6-7/h4H,2-3H2,1H3,(H,5,7). The van der Waals surface area contributed by atoms with E-state index in [9.17, 15) is 0 Å². The van der Waals surface area contributed by atoms with Crippen molar-refractivity contribution in [2.45, 2.75) is 0 Å². The topological polar surface area (TPSA) is 57.0 Å². The molecular formula is C3H9N3O. The summed E-state index contributed by atoms with van der Waals surface area (Å²) in [6.45, 7) is 1.29. The Labute approximate surface area is 42.2 Å². The fourth-order valence-corrected chi connectivity index (χ4v) is 0.207. The van der Waals surface area contributed by atoms with Crippen molar-refractivity contribution in [2.75, 3.05) is 20.1 Å². The van der Waals surface area contributed by atoms with E-state index < -0.39 is 0 Å². The van der Waals surface area contributed by atoms with Crippen LogP contribution in [0.4, 0.5) is 0 Å². The van der Waals surface area contributed by atoms with Gasteiger partial charge in [0, 0.05) is 11.8 Å². The average molecular weight is 103 g/mol. The van der Waals surface area contributed by atoms with Gasteiger partial charge in [-0.25, -0.2) is 0 Å². The van der Waals surface area contributed by atoms with Crippen molar-refractivity contribution in [3.05, 3.63) is 0 Å². The van der Waals surface area contributed by atoms with Crippen LogP contribution >= 0.6 is 0 Å². The Kier molecular flexibility index (Phi) is 4.87. The van der Waals surface area contributed by atoms with Crippen molar-refractivity contribution >= 4 is 0 Å². The summed E-state index contributed by atoms with van der Waals surface area (Å²) in [5.74, 6) is 0. The Bertz CT molecular complexity index is 54.1. The minimum absolute atomic E-state index is 0.535. The van der Waals surface area contributed by atoms with Gasteiger partial charge in [0.05, 0.1) is 6.54 Å². The third-order valence-corrected chi connectivity index (χ3v) is 0.525. The molecule has 0 bridgehead atoms. The van der Waals surface area contributed by atoms with Gasteiger partial charge in [-0.3, -0.25) is 0 Å². The molecule has 0 aliphatic heterocycles. The first-order chi connectivity index (χ1) is 3.41. The van der Waals surface area contributed by atoms with Crippen molar-refractivity contribution in [1.82, 2.24) is 5.32 Å². The molecular weight excluding hydrogens is 94.1 g/mol. The first-order valence-corrected chi connectivity index (χ1v) is 2.07. The van der Waals surface area contributed by atoms with E-state index in [1.807, 2.05) is 7.05 Å². The molecule has 0 atom stereocenters. The SMILES string of the molecule is CNCCN=NO. The second-order valence-corrected chi connectivity index (χ2v) is 1.06. The molecule has 0 aromatic heterocycles. The van der Waals surface area contributed by atoms with Gasteiger partial charge in [0.25, 0.3) is 0 Å². The summed E-state index contributed by atoms with van der Waals surface area (Å²) in [5, 5.41) is 16.4. The van der Waals surface area contributed by atoms with Crippen molar-refractivity contribution in [1.29, 1.82) is 0 Å². The molecule has 0 aliphatic rings. The third kappa shape index (κ3) is 5.36. The molecule has 0 saturated heterocycles. The zero-order valence-corrected chi connectivity index (χ0v) is 4.26. The molecule has 0 aliphatic carbocycles. The summed E-state index contributed by atoms with van der Waals surface area (Å²) in [5.41, 5.74) is 0. The van der Waals surface area contributed by atoms with E-state index in [0.29, 0.717) is 6.54 Å². The van der Waals surface area contributed by atoms with E-state index in [2.05, 4.69) is 15.7 Å². The predicted molar refractivity (Wildman–Crippen MR) is 25.4 cm³/mol. The lowest BCUT2D eigenvalue weighted by atomic mass is 10.7. The van der Waals surface area contributed by atoms with Crippen LogP contribution in [0.15, 0.2) is 10.4 Å². The molecule has 0 aromatic rings. The largest absolute Gasteiger partial charge is 0.395 e. The Morgan fingerprint density at radius 2 is 2.43 bits per heavy atom. The Hall–Kier alpha value is -0.640. The number of nitrogens with zero attached hydrogens (tertiary/aromatic N) is 2. The first-order valence-electron chi connectivity index (χ1n) is 2.07. The van der Waals surface area contributed by atoms with Crippen LogP contribution in [-0.2, 0) is 0 Å². The number of nitrogens with one attached hydrogen (secondary N) is 1. The predicted octanol–water partition coefficient (Wildman–Crippen LogP) is 0.0472. The highest BCUT2D eigenvalue weighted by Crippen LogP contribution is 1.65. The van der Waals surface area contributed by atoms with Crippen molar-refractivity contribution < 1.29 is 5.21 Å². The molecule has 4 nitrogen and oxygen atoms in total. The third-order valence-electron chi connectivity index (χ3n) is 0.525. The zero-order valence-electron chi connectivity index (χ0n) is 4.26. The molecule has 0 amide bonds. The minimum atomic E-state index is 0.535. The molecule has 0 heterocycles. The average Bonchev–Trinajstić information content (AvgIpc) is 1.69. The molecule has 0 fully saturated rings. The maximum Gasteiger partial charge on any atom is 0.0759 e. The van der Waals surface area contributed by atoms with Crippen LogP contribution in [0.5, 0.6) is 0 Å². The summed E-state index contributed by atoms with van der Waals surface area (Å²) >= 11 is 0. The van der Waals surface area contributed by atoms with E-state index in [1.54, 1.807) is 0 Å². The van der Waals surface area contributed by atoms with Gasteiger partial charge >= 0.3 is 0 Å². The molecule has 7 heavy (non-hydrogen) atoms. The van der Waals surface area contributed by atoms with Crippen molar-refractivity contribution in [2.24, 2.45) is 10.4 Å². The second-order valence-electron chi connectivity index (χ2n) is 1.06. The molecule has 0 rings (SSSR count). The molecule has 0 radical (unpaired) electrons. The summed E-state index contributed by atoms with van der Waals surface area (Å²) < 4.78 is 0. The van der Waals surface area contributed by atoms with Crippen LogP contribution in [0.1, 0.15) is 0 Å². The highest BCUT2D eigenvalue weighted by molar-refractivity contribution is 4.38. The highest BCUT2D eigenvalue weighted by atomic mass is 16.5. The summed E-state index contributed by atoms with van der Waals surface area (Å²) in [7, 11) is 1.81. The smallest absolute Gasteiger partial charge is 0.0759 e. The second kappa shape index (κ2) is 5.36. The minimum Gasteiger partial charge on any atom is -0.395 e. The van der Waals surface area contributed by atoms with Crippen LogP contribution in [-0.4, -0.2) is 25.3 Å². The Morgan fingerprint density at radius 1 is 1.71 bits per heavy atom. The Balaban J connectivity index is 2.69. The van der Waals surface area contributed by atoms with Gasteiger partial charge in [0.2, 0.25) is 0 Å². The lowest BCUT2D eigenvalue weighted by Crippen LogP contribution is -2.09. The van der Waals surface area contributed by atoms with Crippen molar-refractivity contribution in [3.8, 4) is 0 Å². The van der Waals surface area contributed by atoms with Crippen molar-refractivity contribution in [3.63, 3.8) is 0 Å². The van der Waals surface area contributed by atoms with Crippen LogP contribution in [0, 0.1) is 0 Å². The summed E-state index contributed by atoms with van der Waals surface area (Å²) in [6, 6.07) is 0. The number of rotatable bonds is 3. The Morgan fingerprint density at radius 3 is 2.86 bits per heavy atom. The van der Waals surface area contributed by atoms with Gasteiger partial charge in [-0.15, -0.1) is 0 Å². The molecule has 0 aromatic carbocycles. The number of hydrogen-bond donors (Lipinski definition) is 2. The van der Waals surface area contributed by atoms with Crippen LogP contribution < -0.4 is 5.32 Å². The molecule has 4 heteroatoms. The van der Waals surface area contributed by atoms with Crippen LogP contribution in [0.25, 0.3) is 0 Å². The maximum atomic E-state index is 7.72. The van der Waals surface area contributed by atoms with Gasteiger partial charge in [0.15, 0.2) is 0 Å². The lowest BCUT2D eigenvalue weighted by molar-refractivity contribution is 0.281. The fourth-order valence-electron chi connectivity index (χ4n) is 0.207. The van der Waals surface area contributed by atoms with Gasteiger partial charge in [0.1, 0.15) is 0 Å². The van der Waals surface area contributed by atoms with Crippen LogP contribution in [0.2, 0.25) is 0 Å². The van der Waals surface area contributed by atoms with Gasteiger partial charge in [-0.1, -0.05) is 0 Å². The quantitative estimate of drug-likeness (QED) is 0.301. The fraction of sp³-hybridized carbons (Fsp3) is 1.00. The van der Waals surface area contributed by atoms with Gasteiger partial charge < -0.3 is 10.5 Å².